The molecule has 0 unspecified atom stereocenters. The number of pyridine rings is 2. The Morgan fingerprint density at radius 3 is 2.71 bits per heavy atom. The summed E-state index contributed by atoms with van der Waals surface area (Å²) in [5.41, 5.74) is -0.150. The van der Waals surface area contributed by atoms with E-state index >= 15 is 0 Å². The summed E-state index contributed by atoms with van der Waals surface area (Å²) in [6.07, 6.45) is 3.88. The van der Waals surface area contributed by atoms with Gasteiger partial charge < -0.3 is 25.4 Å². The minimum Gasteiger partial charge on any atom is -0.444 e. The normalized spacial score (nSPS) is 23.0. The molecule has 164 valence electrons. The fraction of sp³-hybridized carbons (Fsp3) is 0.545. The van der Waals surface area contributed by atoms with Gasteiger partial charge in [-0.05, 0) is 52.2 Å². The van der Waals surface area contributed by atoms with Crippen LogP contribution < -0.4 is 16.0 Å². The maximum Gasteiger partial charge on any atom is 0.407 e. The second kappa shape index (κ2) is 8.55. The van der Waals surface area contributed by atoms with E-state index in [1.807, 2.05) is 26.8 Å². The van der Waals surface area contributed by atoms with Gasteiger partial charge in [-0.15, -0.1) is 0 Å². The van der Waals surface area contributed by atoms with Crippen LogP contribution in [0, 0.1) is 11.3 Å². The Balaban J connectivity index is 1.41. The van der Waals surface area contributed by atoms with Gasteiger partial charge in [0.05, 0.1) is 12.6 Å². The van der Waals surface area contributed by atoms with Gasteiger partial charge in [-0.2, -0.15) is 5.26 Å². The largest absolute Gasteiger partial charge is 0.444 e. The molecule has 3 N–H and O–H groups in total. The highest BCUT2D eigenvalue weighted by Gasteiger charge is 2.32. The third kappa shape index (κ3) is 5.33. The van der Waals surface area contributed by atoms with Crippen LogP contribution >= 0.6 is 0 Å². The lowest BCUT2D eigenvalue weighted by molar-refractivity contribution is 0.0475. The summed E-state index contributed by atoms with van der Waals surface area (Å²) in [6.45, 7) is 6.90. The van der Waals surface area contributed by atoms with Crippen LogP contribution in [0.5, 0.6) is 0 Å². The number of hydrogen-bond donors (Lipinski definition) is 3. The monoisotopic (exact) mass is 424 g/mol. The van der Waals surface area contributed by atoms with Crippen LogP contribution in [0.1, 0.15) is 45.7 Å². The van der Waals surface area contributed by atoms with Crippen molar-refractivity contribution in [1.82, 2.24) is 15.3 Å². The van der Waals surface area contributed by atoms with Crippen molar-refractivity contribution in [3.05, 3.63) is 24.0 Å². The number of rotatable bonds is 5. The number of carbonyl (C=O) groups excluding carboxylic acids is 1. The van der Waals surface area contributed by atoms with E-state index in [9.17, 15) is 10.1 Å². The van der Waals surface area contributed by atoms with E-state index in [0.717, 1.165) is 42.5 Å². The van der Waals surface area contributed by atoms with Gasteiger partial charge in [0.15, 0.2) is 0 Å². The molecular formula is C22H28N6O3. The SMILES string of the molecule is CC(C)(C)OC(=O)N[C@H]1C[C@H](Nc2cc3c(N[C@@H]4CCOC4)nc(C#N)cc3cn2)C1. The summed E-state index contributed by atoms with van der Waals surface area (Å²) >= 11 is 0. The molecule has 2 aromatic rings. The maximum absolute atomic E-state index is 11.9. The van der Waals surface area contributed by atoms with Gasteiger partial charge in [-0.3, -0.25) is 0 Å². The Morgan fingerprint density at radius 2 is 2.03 bits per heavy atom. The third-order valence-corrected chi connectivity index (χ3v) is 5.31. The van der Waals surface area contributed by atoms with Crippen LogP contribution in [-0.2, 0) is 9.47 Å². The number of nitriles is 1. The first-order valence-electron chi connectivity index (χ1n) is 10.6. The number of alkyl carbamates (subject to hydrolysis) is 1. The van der Waals surface area contributed by atoms with E-state index in [2.05, 4.69) is 32.0 Å². The molecule has 31 heavy (non-hydrogen) atoms. The Hall–Kier alpha value is -3.12. The van der Waals surface area contributed by atoms with Gasteiger partial charge in [0.25, 0.3) is 0 Å². The van der Waals surface area contributed by atoms with Crippen molar-refractivity contribution in [3.63, 3.8) is 0 Å². The van der Waals surface area contributed by atoms with Crippen molar-refractivity contribution in [2.45, 2.75) is 63.8 Å². The van der Waals surface area contributed by atoms with Crippen molar-refractivity contribution in [1.29, 1.82) is 5.26 Å². The zero-order valence-corrected chi connectivity index (χ0v) is 18.1. The van der Waals surface area contributed by atoms with Crippen molar-refractivity contribution < 1.29 is 14.3 Å². The van der Waals surface area contributed by atoms with Gasteiger partial charge >= 0.3 is 6.09 Å². The highest BCUT2D eigenvalue weighted by molar-refractivity contribution is 5.93. The molecule has 1 aliphatic heterocycles. The van der Waals surface area contributed by atoms with Crippen molar-refractivity contribution in [2.24, 2.45) is 0 Å². The van der Waals surface area contributed by atoms with E-state index in [1.54, 1.807) is 12.3 Å². The summed E-state index contributed by atoms with van der Waals surface area (Å²) in [4.78, 5) is 20.9. The van der Waals surface area contributed by atoms with Crippen LogP contribution in [-0.4, -0.2) is 53.0 Å². The molecule has 0 aromatic carbocycles. The number of fused-ring (bicyclic) bond motifs is 1. The van der Waals surface area contributed by atoms with Gasteiger partial charge in [0.2, 0.25) is 0 Å². The Labute approximate surface area is 181 Å². The molecule has 1 saturated carbocycles. The lowest BCUT2D eigenvalue weighted by Crippen LogP contribution is -2.50. The molecule has 2 aliphatic rings. The number of nitrogens with one attached hydrogen (secondary N) is 3. The number of amides is 1. The molecule has 1 atom stereocenters. The summed E-state index contributed by atoms with van der Waals surface area (Å²) in [5, 5.41) is 20.8. The van der Waals surface area contributed by atoms with Gasteiger partial charge in [-0.25, -0.2) is 14.8 Å². The Bertz CT molecular complexity index is 1000. The molecule has 9 heteroatoms. The van der Waals surface area contributed by atoms with Gasteiger partial charge in [0.1, 0.15) is 29.0 Å². The number of carbonyl (C=O) groups is 1. The van der Waals surface area contributed by atoms with Crippen LogP contribution in [0.2, 0.25) is 0 Å². The highest BCUT2D eigenvalue weighted by Crippen LogP contribution is 2.29. The van der Waals surface area contributed by atoms with E-state index in [0.29, 0.717) is 18.1 Å². The highest BCUT2D eigenvalue weighted by atomic mass is 16.6. The zero-order valence-electron chi connectivity index (χ0n) is 18.1. The van der Waals surface area contributed by atoms with Crippen molar-refractivity contribution in [3.8, 4) is 6.07 Å². The number of anilines is 2. The van der Waals surface area contributed by atoms with Crippen LogP contribution in [0.25, 0.3) is 10.8 Å². The Morgan fingerprint density at radius 1 is 1.23 bits per heavy atom. The first kappa shape index (κ1) is 21.1. The molecule has 2 fully saturated rings. The average molecular weight is 425 g/mol. The van der Waals surface area contributed by atoms with Crippen LogP contribution in [0.3, 0.4) is 0 Å². The summed E-state index contributed by atoms with van der Waals surface area (Å²) < 4.78 is 10.7. The average Bonchev–Trinajstić information content (AvgIpc) is 3.18. The molecule has 1 saturated heterocycles. The molecule has 2 aromatic heterocycles. The molecule has 1 aliphatic carbocycles. The number of ether oxygens (including phenoxy) is 2. The fourth-order valence-electron chi connectivity index (χ4n) is 3.77. The Kier molecular flexibility index (Phi) is 5.83. The van der Waals surface area contributed by atoms with Gasteiger partial charge in [-0.1, -0.05) is 0 Å². The van der Waals surface area contributed by atoms with Crippen LogP contribution in [0.15, 0.2) is 18.3 Å². The predicted octanol–water partition coefficient (Wildman–Crippen LogP) is 3.17. The molecule has 0 bridgehead atoms. The molecule has 3 heterocycles. The van der Waals surface area contributed by atoms with Crippen molar-refractivity contribution >= 4 is 28.5 Å². The van der Waals surface area contributed by atoms with E-state index in [1.165, 1.54) is 0 Å². The van der Waals surface area contributed by atoms with E-state index < -0.39 is 5.60 Å². The first-order valence-corrected chi connectivity index (χ1v) is 10.6. The lowest BCUT2D eigenvalue weighted by atomic mass is 9.87. The summed E-state index contributed by atoms with van der Waals surface area (Å²) in [7, 11) is 0. The smallest absolute Gasteiger partial charge is 0.407 e. The van der Waals surface area contributed by atoms with E-state index in [-0.39, 0.29) is 24.2 Å². The molecule has 1 amide bonds. The molecular weight excluding hydrogens is 396 g/mol. The topological polar surface area (TPSA) is 121 Å². The summed E-state index contributed by atoms with van der Waals surface area (Å²) in [5.74, 6) is 1.42. The van der Waals surface area contributed by atoms with Crippen molar-refractivity contribution in [2.75, 3.05) is 23.8 Å². The molecule has 9 nitrogen and oxygen atoms in total. The second-order valence-electron chi connectivity index (χ2n) is 9.12. The molecule has 4 rings (SSSR count). The number of nitrogens with zero attached hydrogens (tertiary/aromatic N) is 3. The quantitative estimate of drug-likeness (QED) is 0.669. The van der Waals surface area contributed by atoms with Crippen LogP contribution in [0.4, 0.5) is 16.4 Å². The second-order valence-corrected chi connectivity index (χ2v) is 9.12. The standard InChI is InChI=1S/C22H28N6O3/c1-22(2,3)31-21(29)28-16-7-15(8-16)25-19-9-18-13(11-24-19)6-17(10-23)27-20(18)26-14-4-5-30-12-14/h6,9,11,14-16H,4-5,7-8,12H2,1-3H3,(H,24,25)(H,26,27)(H,28,29)/t14-,15-,16-/m1/s1. The molecule has 0 radical (unpaired) electrons. The first-order chi connectivity index (χ1) is 14.8. The minimum atomic E-state index is -0.504. The third-order valence-electron chi connectivity index (χ3n) is 5.31. The number of hydrogen-bond acceptors (Lipinski definition) is 8. The zero-order chi connectivity index (χ0) is 22.0. The minimum absolute atomic E-state index is 0.0901. The van der Waals surface area contributed by atoms with Gasteiger partial charge in [0, 0.05) is 35.7 Å². The fourth-order valence-corrected chi connectivity index (χ4v) is 3.77. The lowest BCUT2D eigenvalue weighted by Gasteiger charge is -2.36. The number of aromatic nitrogens is 2. The predicted molar refractivity (Wildman–Crippen MR) is 117 cm³/mol. The van der Waals surface area contributed by atoms with E-state index in [4.69, 9.17) is 9.47 Å². The summed E-state index contributed by atoms with van der Waals surface area (Å²) in [6, 6.07) is 6.30. The maximum atomic E-state index is 11.9. The molecule has 0 spiro atoms.